The van der Waals surface area contributed by atoms with Crippen molar-refractivity contribution in [2.24, 2.45) is 10.2 Å². The van der Waals surface area contributed by atoms with Crippen molar-refractivity contribution < 1.29 is 28.7 Å². The lowest BCUT2D eigenvalue weighted by Gasteiger charge is -2.11. The number of benzene rings is 4. The Morgan fingerprint density at radius 1 is 0.600 bits per heavy atom. The van der Waals surface area contributed by atoms with Crippen molar-refractivity contribution in [1.29, 1.82) is 0 Å². The molecule has 0 aliphatic heterocycles. The van der Waals surface area contributed by atoms with E-state index in [2.05, 4.69) is 21.1 Å². The fraction of sp³-hybridized carbons (Fsp3) is 0.143. The Morgan fingerprint density at radius 2 is 1.00 bits per heavy atom. The third-order valence-electron chi connectivity index (χ3n) is 6.39. The van der Waals surface area contributed by atoms with Gasteiger partial charge in [-0.15, -0.1) is 0 Å². The third-order valence-corrected chi connectivity index (χ3v) is 6.39. The number of hydrazone groups is 2. The SMILES string of the molecule is CCC(=O)Oc1ccc(Cc2ccc(OC(=O)CC)c(/C=N/NC(=O)c3ccccc3)c2)cc1/C=N/NC(=O)c1ccccc1. The zero-order valence-electron chi connectivity index (χ0n) is 24.9. The van der Waals surface area contributed by atoms with Crippen molar-refractivity contribution >= 4 is 36.2 Å². The predicted octanol–water partition coefficient (Wildman–Crippen LogP) is 5.44. The van der Waals surface area contributed by atoms with Crippen LogP contribution in [-0.4, -0.2) is 36.2 Å². The summed E-state index contributed by atoms with van der Waals surface area (Å²) in [5, 5.41) is 8.15. The molecule has 0 fully saturated rings. The quantitative estimate of drug-likeness (QED) is 0.0958. The first-order chi connectivity index (χ1) is 21.9. The van der Waals surface area contributed by atoms with E-state index in [0.717, 1.165) is 11.1 Å². The Bertz CT molecular complexity index is 1590. The molecule has 0 spiro atoms. The van der Waals surface area contributed by atoms with Gasteiger partial charge in [0.1, 0.15) is 11.5 Å². The Balaban J connectivity index is 1.56. The molecule has 228 valence electrons. The number of esters is 2. The van der Waals surface area contributed by atoms with Crippen molar-refractivity contribution in [3.63, 3.8) is 0 Å². The Hall–Kier alpha value is -5.90. The van der Waals surface area contributed by atoms with Crippen LogP contribution in [0.1, 0.15) is 69.7 Å². The fourth-order valence-corrected chi connectivity index (χ4v) is 4.06. The summed E-state index contributed by atoms with van der Waals surface area (Å²) in [6, 6.07) is 27.9. The second-order valence-corrected chi connectivity index (χ2v) is 9.71. The Morgan fingerprint density at radius 3 is 1.38 bits per heavy atom. The summed E-state index contributed by atoms with van der Waals surface area (Å²) in [7, 11) is 0. The van der Waals surface area contributed by atoms with Gasteiger partial charge in [-0.3, -0.25) is 19.2 Å². The van der Waals surface area contributed by atoms with Crippen molar-refractivity contribution in [1.82, 2.24) is 10.9 Å². The highest BCUT2D eigenvalue weighted by Crippen LogP contribution is 2.24. The van der Waals surface area contributed by atoms with Gasteiger partial charge in [0.25, 0.3) is 11.8 Å². The first-order valence-electron chi connectivity index (χ1n) is 14.3. The van der Waals surface area contributed by atoms with Crippen LogP contribution in [0, 0.1) is 0 Å². The molecule has 0 atom stereocenters. The van der Waals surface area contributed by atoms with E-state index in [1.807, 2.05) is 24.3 Å². The highest BCUT2D eigenvalue weighted by molar-refractivity contribution is 5.96. The molecule has 2 N–H and O–H groups in total. The summed E-state index contributed by atoms with van der Waals surface area (Å²) >= 11 is 0. The summed E-state index contributed by atoms with van der Waals surface area (Å²) in [5.41, 5.74) is 8.55. The van der Waals surface area contributed by atoms with Gasteiger partial charge in [-0.2, -0.15) is 10.2 Å². The smallest absolute Gasteiger partial charge is 0.310 e. The number of hydrogen-bond donors (Lipinski definition) is 2. The van der Waals surface area contributed by atoms with Gasteiger partial charge in [-0.05, 0) is 66.1 Å². The van der Waals surface area contributed by atoms with Gasteiger partial charge in [0.15, 0.2) is 0 Å². The highest BCUT2D eigenvalue weighted by Gasteiger charge is 2.12. The number of hydrogen-bond acceptors (Lipinski definition) is 8. The van der Waals surface area contributed by atoms with E-state index >= 15 is 0 Å². The van der Waals surface area contributed by atoms with Crippen LogP contribution in [0.5, 0.6) is 11.5 Å². The fourth-order valence-electron chi connectivity index (χ4n) is 4.06. The number of carbonyl (C=O) groups excluding carboxylic acids is 4. The average molecular weight is 605 g/mol. The molecule has 0 saturated heterocycles. The van der Waals surface area contributed by atoms with Crippen LogP contribution >= 0.6 is 0 Å². The minimum absolute atomic E-state index is 0.189. The summed E-state index contributed by atoms with van der Waals surface area (Å²) in [6.07, 6.45) is 3.66. The number of carbonyl (C=O) groups is 4. The Kier molecular flexibility index (Phi) is 11.4. The first-order valence-corrected chi connectivity index (χ1v) is 14.3. The molecule has 0 unspecified atom stereocenters. The summed E-state index contributed by atoms with van der Waals surface area (Å²) in [4.78, 5) is 48.9. The van der Waals surface area contributed by atoms with E-state index in [-0.39, 0.29) is 24.7 Å². The molecule has 0 bridgehead atoms. The van der Waals surface area contributed by atoms with E-state index in [1.54, 1.807) is 86.6 Å². The molecular formula is C35H32N4O6. The van der Waals surface area contributed by atoms with Gasteiger partial charge in [0.05, 0.1) is 12.4 Å². The van der Waals surface area contributed by atoms with E-state index in [1.165, 1.54) is 12.4 Å². The molecule has 0 saturated carbocycles. The predicted molar refractivity (Wildman–Crippen MR) is 171 cm³/mol. The van der Waals surface area contributed by atoms with E-state index < -0.39 is 11.9 Å². The maximum Gasteiger partial charge on any atom is 0.310 e. The molecule has 0 heterocycles. The molecule has 4 aromatic rings. The zero-order valence-corrected chi connectivity index (χ0v) is 24.9. The largest absolute Gasteiger partial charge is 0.426 e. The lowest BCUT2D eigenvalue weighted by molar-refractivity contribution is -0.134. The van der Waals surface area contributed by atoms with Crippen LogP contribution in [0.25, 0.3) is 0 Å². The molecule has 0 aliphatic rings. The standard InChI is InChI=1S/C35H32N4O6/c1-3-32(40)44-30-17-15-24(20-28(30)22-36-38-34(42)26-11-7-5-8-12-26)19-25-16-18-31(45-33(41)4-2)29(21-25)23-37-39-35(43)27-13-9-6-10-14-27/h5-18,20-23H,3-4,19H2,1-2H3,(H,38,42)(H,39,43)/b36-22+,37-23+. The van der Waals surface area contributed by atoms with Gasteiger partial charge in [0.2, 0.25) is 0 Å². The van der Waals surface area contributed by atoms with Crippen LogP contribution in [0.4, 0.5) is 0 Å². The molecular weight excluding hydrogens is 572 g/mol. The zero-order chi connectivity index (χ0) is 32.0. The topological polar surface area (TPSA) is 136 Å². The molecule has 4 aromatic carbocycles. The van der Waals surface area contributed by atoms with Gasteiger partial charge in [0, 0.05) is 35.1 Å². The maximum absolute atomic E-state index is 12.4. The van der Waals surface area contributed by atoms with Crippen LogP contribution in [0.2, 0.25) is 0 Å². The van der Waals surface area contributed by atoms with Crippen LogP contribution in [0.15, 0.2) is 107 Å². The maximum atomic E-state index is 12.4. The Labute approximate surface area is 260 Å². The van der Waals surface area contributed by atoms with Crippen molar-refractivity contribution in [2.45, 2.75) is 33.1 Å². The molecule has 0 aromatic heterocycles. The summed E-state index contributed by atoms with van der Waals surface area (Å²) in [6.45, 7) is 3.39. The van der Waals surface area contributed by atoms with Gasteiger partial charge < -0.3 is 9.47 Å². The van der Waals surface area contributed by atoms with Crippen molar-refractivity contribution in [3.8, 4) is 11.5 Å². The molecule has 2 amide bonds. The summed E-state index contributed by atoms with van der Waals surface area (Å²) in [5.74, 6) is -0.988. The van der Waals surface area contributed by atoms with Crippen molar-refractivity contribution in [2.75, 3.05) is 0 Å². The van der Waals surface area contributed by atoms with Gasteiger partial charge >= 0.3 is 11.9 Å². The molecule has 45 heavy (non-hydrogen) atoms. The van der Waals surface area contributed by atoms with Crippen LogP contribution < -0.4 is 20.3 Å². The van der Waals surface area contributed by atoms with E-state index in [4.69, 9.17) is 9.47 Å². The number of amides is 2. The second-order valence-electron chi connectivity index (χ2n) is 9.71. The lowest BCUT2D eigenvalue weighted by Crippen LogP contribution is -2.17. The van der Waals surface area contributed by atoms with E-state index in [0.29, 0.717) is 40.2 Å². The number of ether oxygens (including phenoxy) is 2. The monoisotopic (exact) mass is 604 g/mol. The van der Waals surface area contributed by atoms with E-state index in [9.17, 15) is 19.2 Å². The van der Waals surface area contributed by atoms with Crippen LogP contribution in [0.3, 0.4) is 0 Å². The molecule has 10 nitrogen and oxygen atoms in total. The minimum atomic E-state index is -0.411. The minimum Gasteiger partial charge on any atom is -0.426 e. The molecule has 4 rings (SSSR count). The lowest BCUT2D eigenvalue weighted by atomic mass is 10.0. The molecule has 0 radical (unpaired) electrons. The van der Waals surface area contributed by atoms with Gasteiger partial charge in [-0.25, -0.2) is 10.9 Å². The normalized spacial score (nSPS) is 10.9. The average Bonchev–Trinajstić information content (AvgIpc) is 3.07. The van der Waals surface area contributed by atoms with Gasteiger partial charge in [-0.1, -0.05) is 62.4 Å². The number of nitrogens with one attached hydrogen (secondary N) is 2. The highest BCUT2D eigenvalue weighted by atomic mass is 16.5. The van der Waals surface area contributed by atoms with Crippen molar-refractivity contribution in [3.05, 3.63) is 130 Å². The molecule has 10 heteroatoms. The van der Waals surface area contributed by atoms with Crippen LogP contribution in [-0.2, 0) is 16.0 Å². The summed E-state index contributed by atoms with van der Waals surface area (Å²) < 4.78 is 11.0. The second kappa shape index (κ2) is 16.1. The first kappa shape index (κ1) is 32.0. The third kappa shape index (κ3) is 9.55. The molecule has 0 aliphatic carbocycles. The number of nitrogens with zero attached hydrogens (tertiary/aromatic N) is 2. The number of rotatable bonds is 12.